The molecule has 1 aliphatic heterocycles. The molecular formula is C27H26NO4+. The first-order valence-electron chi connectivity index (χ1n) is 10.8. The van der Waals surface area contributed by atoms with E-state index in [-0.39, 0.29) is 5.63 Å². The van der Waals surface area contributed by atoms with E-state index in [0.717, 1.165) is 45.7 Å². The van der Waals surface area contributed by atoms with E-state index < -0.39 is 0 Å². The van der Waals surface area contributed by atoms with Gasteiger partial charge in [0.05, 0.1) is 12.7 Å². The Kier molecular flexibility index (Phi) is 5.41. The number of ether oxygens (including phenoxy) is 2. The van der Waals surface area contributed by atoms with Crippen LogP contribution in [0.4, 0.5) is 0 Å². The second-order valence-corrected chi connectivity index (χ2v) is 8.28. The molecule has 0 amide bonds. The Morgan fingerprint density at radius 1 is 1.00 bits per heavy atom. The lowest BCUT2D eigenvalue weighted by Crippen LogP contribution is -3.10. The molecule has 0 bridgehead atoms. The van der Waals surface area contributed by atoms with Gasteiger partial charge in [0.1, 0.15) is 24.6 Å². The first-order valence-corrected chi connectivity index (χ1v) is 10.8. The largest absolute Gasteiger partial charge is 0.496 e. The number of hydrogen-bond acceptors (Lipinski definition) is 4. The highest BCUT2D eigenvalue weighted by molar-refractivity contribution is 5.86. The quantitative estimate of drug-likeness (QED) is 0.493. The molecule has 32 heavy (non-hydrogen) atoms. The first kappa shape index (κ1) is 20.3. The van der Waals surface area contributed by atoms with Crippen molar-refractivity contribution in [3.63, 3.8) is 0 Å². The van der Waals surface area contributed by atoms with E-state index in [1.807, 2.05) is 67.6 Å². The van der Waals surface area contributed by atoms with Crippen molar-refractivity contribution in [1.29, 1.82) is 0 Å². The van der Waals surface area contributed by atoms with Crippen LogP contribution in [0.1, 0.15) is 27.8 Å². The van der Waals surface area contributed by atoms with Gasteiger partial charge >= 0.3 is 5.63 Å². The summed E-state index contributed by atoms with van der Waals surface area (Å²) in [4.78, 5) is 14.2. The number of nitrogens with one attached hydrogen (secondary N) is 1. The summed E-state index contributed by atoms with van der Waals surface area (Å²) in [5.41, 5.74) is 5.21. The average Bonchev–Trinajstić information content (AvgIpc) is 2.83. The van der Waals surface area contributed by atoms with Crippen molar-refractivity contribution in [2.45, 2.75) is 26.4 Å². The summed E-state index contributed by atoms with van der Waals surface area (Å²) in [6, 6.07) is 22.0. The molecule has 162 valence electrons. The molecule has 5 heteroatoms. The molecule has 4 aromatic rings. The predicted molar refractivity (Wildman–Crippen MR) is 123 cm³/mol. The summed E-state index contributed by atoms with van der Waals surface area (Å²) in [7, 11) is 1.69. The standard InChI is InChI=1S/C27H25NO4/c1-18-21-12-13-25-23(16-28(17-31-25)15-20-10-6-7-11-24(20)30-2)26(21)32-27(29)22(18)14-19-8-4-3-5-9-19/h3-13H,14-17H2,1-2H3/p+1. The van der Waals surface area contributed by atoms with E-state index in [2.05, 4.69) is 6.07 Å². The number of methoxy groups -OCH3 is 1. The molecule has 1 unspecified atom stereocenters. The van der Waals surface area contributed by atoms with Crippen LogP contribution in [0.2, 0.25) is 0 Å². The fraction of sp³-hybridized carbons (Fsp3) is 0.222. The molecule has 0 saturated heterocycles. The number of hydrogen-bond donors (Lipinski definition) is 1. The molecule has 1 aliphatic rings. The molecule has 1 aromatic heterocycles. The number of rotatable bonds is 5. The van der Waals surface area contributed by atoms with Gasteiger partial charge in [-0.2, -0.15) is 0 Å². The minimum absolute atomic E-state index is 0.274. The Morgan fingerprint density at radius 3 is 2.59 bits per heavy atom. The molecule has 2 heterocycles. The van der Waals surface area contributed by atoms with Crippen LogP contribution in [0.3, 0.4) is 0 Å². The Bertz CT molecular complexity index is 1330. The zero-order chi connectivity index (χ0) is 22.1. The molecule has 5 rings (SSSR count). The Hall–Kier alpha value is -3.57. The fourth-order valence-corrected chi connectivity index (χ4v) is 4.51. The van der Waals surface area contributed by atoms with Gasteiger partial charge in [0, 0.05) is 22.9 Å². The smallest absolute Gasteiger partial charge is 0.340 e. The highest BCUT2D eigenvalue weighted by Gasteiger charge is 2.26. The van der Waals surface area contributed by atoms with Gasteiger partial charge in [0.2, 0.25) is 6.73 Å². The average molecular weight is 429 g/mol. The monoisotopic (exact) mass is 428 g/mol. The number of aryl methyl sites for hydroxylation is 1. The molecular weight excluding hydrogens is 402 g/mol. The SMILES string of the molecule is COc1ccccc1C[NH+]1COc2ccc3c(C)c(Cc4ccccc4)c(=O)oc3c2C1. The van der Waals surface area contributed by atoms with E-state index in [9.17, 15) is 4.79 Å². The number of benzene rings is 3. The molecule has 1 atom stereocenters. The summed E-state index contributed by atoms with van der Waals surface area (Å²) in [6.07, 6.45) is 0.559. The molecule has 0 fully saturated rings. The van der Waals surface area contributed by atoms with Crippen LogP contribution < -0.4 is 20.0 Å². The van der Waals surface area contributed by atoms with Crippen molar-refractivity contribution in [2.75, 3.05) is 13.8 Å². The second kappa shape index (κ2) is 8.52. The number of para-hydroxylation sites is 1. The maximum atomic E-state index is 13.0. The first-order chi connectivity index (χ1) is 15.6. The van der Waals surface area contributed by atoms with Crippen molar-refractivity contribution < 1.29 is 18.8 Å². The predicted octanol–water partition coefficient (Wildman–Crippen LogP) is 3.64. The van der Waals surface area contributed by atoms with Crippen LogP contribution in [0.15, 0.2) is 75.9 Å². The minimum atomic E-state index is -0.274. The summed E-state index contributed by atoms with van der Waals surface area (Å²) in [5, 5.41) is 0.969. The van der Waals surface area contributed by atoms with E-state index in [0.29, 0.717) is 30.8 Å². The normalized spacial score (nSPS) is 15.2. The van der Waals surface area contributed by atoms with Gasteiger partial charge in [-0.25, -0.2) is 4.79 Å². The Labute approximate surface area is 186 Å². The van der Waals surface area contributed by atoms with E-state index in [1.54, 1.807) is 7.11 Å². The highest BCUT2D eigenvalue weighted by Crippen LogP contribution is 2.31. The zero-order valence-electron chi connectivity index (χ0n) is 18.3. The Balaban J connectivity index is 1.50. The van der Waals surface area contributed by atoms with Gasteiger partial charge < -0.3 is 13.9 Å². The molecule has 0 spiro atoms. The molecule has 0 saturated carbocycles. The van der Waals surface area contributed by atoms with E-state index in [4.69, 9.17) is 13.9 Å². The zero-order valence-corrected chi connectivity index (χ0v) is 18.3. The molecule has 5 nitrogen and oxygen atoms in total. The van der Waals surface area contributed by atoms with Gasteiger partial charge in [-0.05, 0) is 42.3 Å². The summed E-state index contributed by atoms with van der Waals surface area (Å²) in [5.74, 6) is 1.66. The minimum Gasteiger partial charge on any atom is -0.496 e. The van der Waals surface area contributed by atoms with E-state index in [1.165, 1.54) is 4.90 Å². The maximum Gasteiger partial charge on any atom is 0.340 e. The van der Waals surface area contributed by atoms with Crippen LogP contribution in [-0.2, 0) is 19.5 Å². The lowest BCUT2D eigenvalue weighted by molar-refractivity contribution is -0.945. The van der Waals surface area contributed by atoms with Crippen molar-refractivity contribution in [2.24, 2.45) is 0 Å². The summed E-state index contributed by atoms with van der Waals surface area (Å²) < 4.78 is 17.5. The van der Waals surface area contributed by atoms with Crippen molar-refractivity contribution in [3.05, 3.63) is 105 Å². The van der Waals surface area contributed by atoms with Gasteiger partial charge in [-0.1, -0.05) is 42.5 Å². The maximum absolute atomic E-state index is 13.0. The molecule has 3 aromatic carbocycles. The van der Waals surface area contributed by atoms with Gasteiger partial charge in [0.25, 0.3) is 0 Å². The lowest BCUT2D eigenvalue weighted by atomic mass is 9.97. The van der Waals surface area contributed by atoms with Crippen LogP contribution in [0.25, 0.3) is 11.0 Å². The lowest BCUT2D eigenvalue weighted by Gasteiger charge is -2.27. The van der Waals surface area contributed by atoms with Gasteiger partial charge in [0.15, 0.2) is 5.58 Å². The third kappa shape index (κ3) is 3.76. The second-order valence-electron chi connectivity index (χ2n) is 8.28. The molecule has 0 radical (unpaired) electrons. The fourth-order valence-electron chi connectivity index (χ4n) is 4.51. The summed E-state index contributed by atoms with van der Waals surface area (Å²) >= 11 is 0. The number of fused-ring (bicyclic) bond motifs is 3. The topological polar surface area (TPSA) is 53.1 Å². The Morgan fingerprint density at radius 2 is 1.78 bits per heavy atom. The third-order valence-electron chi connectivity index (χ3n) is 6.23. The van der Waals surface area contributed by atoms with Gasteiger partial charge in [-0.3, -0.25) is 4.90 Å². The summed E-state index contributed by atoms with van der Waals surface area (Å²) in [6.45, 7) is 4.03. The van der Waals surface area contributed by atoms with Crippen molar-refractivity contribution >= 4 is 11.0 Å². The molecule has 1 N–H and O–H groups in total. The molecule has 0 aliphatic carbocycles. The van der Waals surface area contributed by atoms with Crippen LogP contribution >= 0.6 is 0 Å². The van der Waals surface area contributed by atoms with Gasteiger partial charge in [-0.15, -0.1) is 0 Å². The van der Waals surface area contributed by atoms with E-state index >= 15 is 0 Å². The van der Waals surface area contributed by atoms with Crippen LogP contribution in [0.5, 0.6) is 11.5 Å². The van der Waals surface area contributed by atoms with Crippen LogP contribution in [-0.4, -0.2) is 13.8 Å². The van der Waals surface area contributed by atoms with Crippen molar-refractivity contribution in [1.82, 2.24) is 0 Å². The van der Waals surface area contributed by atoms with Crippen molar-refractivity contribution in [3.8, 4) is 11.5 Å². The number of quaternary nitrogens is 1. The van der Waals surface area contributed by atoms with Crippen LogP contribution in [0, 0.1) is 6.92 Å². The third-order valence-corrected chi connectivity index (χ3v) is 6.23. The highest BCUT2D eigenvalue weighted by atomic mass is 16.5.